The predicted molar refractivity (Wildman–Crippen MR) is 83.5 cm³/mol. The fourth-order valence-corrected chi connectivity index (χ4v) is 2.90. The van der Waals surface area contributed by atoms with Crippen molar-refractivity contribution in [2.45, 2.75) is 6.04 Å². The zero-order valence-corrected chi connectivity index (χ0v) is 12.3. The first-order valence-corrected chi connectivity index (χ1v) is 7.37. The van der Waals surface area contributed by atoms with Gasteiger partial charge in [0.2, 0.25) is 0 Å². The Hall–Kier alpha value is -1.91. The van der Waals surface area contributed by atoms with E-state index >= 15 is 0 Å². The molecule has 1 saturated heterocycles. The molecule has 1 atom stereocenters. The highest BCUT2D eigenvalue weighted by Crippen LogP contribution is 2.30. The van der Waals surface area contributed by atoms with Crippen molar-refractivity contribution in [3.63, 3.8) is 0 Å². The van der Waals surface area contributed by atoms with E-state index in [2.05, 4.69) is 39.5 Å². The van der Waals surface area contributed by atoms with Crippen LogP contribution in [0.2, 0.25) is 0 Å². The van der Waals surface area contributed by atoms with E-state index in [0.717, 1.165) is 31.9 Å². The molecule has 2 heterocycles. The third-order valence-corrected chi connectivity index (χ3v) is 3.93. The summed E-state index contributed by atoms with van der Waals surface area (Å²) in [6.45, 7) is 4.13. The van der Waals surface area contributed by atoms with E-state index in [4.69, 9.17) is 4.74 Å². The van der Waals surface area contributed by atoms with Crippen molar-refractivity contribution >= 4 is 0 Å². The Morgan fingerprint density at radius 3 is 2.67 bits per heavy atom. The number of nitrogens with one attached hydrogen (secondary N) is 1. The second-order valence-corrected chi connectivity index (χ2v) is 5.25. The van der Waals surface area contributed by atoms with Crippen molar-refractivity contribution in [3.05, 3.63) is 59.9 Å². The van der Waals surface area contributed by atoms with Gasteiger partial charge in [0.05, 0.1) is 13.2 Å². The SMILES string of the molecule is COc1cccc(C(c2cccnc2)N2CCNCC2)c1. The monoisotopic (exact) mass is 283 g/mol. The molecule has 0 saturated carbocycles. The van der Waals surface area contributed by atoms with Gasteiger partial charge in [-0.05, 0) is 29.3 Å². The zero-order chi connectivity index (χ0) is 14.5. The molecule has 0 bridgehead atoms. The molecule has 0 amide bonds. The molecule has 1 aromatic carbocycles. The van der Waals surface area contributed by atoms with Crippen molar-refractivity contribution < 1.29 is 4.74 Å². The van der Waals surface area contributed by atoms with Gasteiger partial charge in [-0.2, -0.15) is 0 Å². The van der Waals surface area contributed by atoms with Gasteiger partial charge in [0.1, 0.15) is 5.75 Å². The molecule has 0 radical (unpaired) electrons. The maximum absolute atomic E-state index is 5.38. The highest BCUT2D eigenvalue weighted by atomic mass is 16.5. The highest BCUT2D eigenvalue weighted by Gasteiger charge is 2.24. The fourth-order valence-electron chi connectivity index (χ4n) is 2.90. The van der Waals surface area contributed by atoms with Gasteiger partial charge in [-0.15, -0.1) is 0 Å². The van der Waals surface area contributed by atoms with Gasteiger partial charge >= 0.3 is 0 Å². The van der Waals surface area contributed by atoms with Crippen LogP contribution in [-0.2, 0) is 0 Å². The number of piperazine rings is 1. The second-order valence-electron chi connectivity index (χ2n) is 5.25. The number of hydrogen-bond donors (Lipinski definition) is 1. The summed E-state index contributed by atoms with van der Waals surface area (Å²) in [5, 5.41) is 3.41. The summed E-state index contributed by atoms with van der Waals surface area (Å²) in [5.41, 5.74) is 2.48. The van der Waals surface area contributed by atoms with Crippen LogP contribution in [0.25, 0.3) is 0 Å². The molecule has 3 rings (SSSR count). The molecule has 4 heteroatoms. The molecular weight excluding hydrogens is 262 g/mol. The van der Waals surface area contributed by atoms with E-state index in [1.807, 2.05) is 24.5 Å². The Bertz CT molecular complexity index is 567. The minimum Gasteiger partial charge on any atom is -0.497 e. The lowest BCUT2D eigenvalue weighted by Gasteiger charge is -2.35. The number of rotatable bonds is 4. The number of benzene rings is 1. The van der Waals surface area contributed by atoms with Crippen molar-refractivity contribution in [3.8, 4) is 5.75 Å². The lowest BCUT2D eigenvalue weighted by Crippen LogP contribution is -2.45. The second kappa shape index (κ2) is 6.70. The van der Waals surface area contributed by atoms with Crippen molar-refractivity contribution in [1.29, 1.82) is 0 Å². The van der Waals surface area contributed by atoms with Crippen LogP contribution < -0.4 is 10.1 Å². The maximum Gasteiger partial charge on any atom is 0.119 e. The Kier molecular flexibility index (Phi) is 4.48. The van der Waals surface area contributed by atoms with E-state index in [1.54, 1.807) is 7.11 Å². The Labute approximate surface area is 125 Å². The Morgan fingerprint density at radius 2 is 1.95 bits per heavy atom. The van der Waals surface area contributed by atoms with E-state index in [1.165, 1.54) is 11.1 Å². The Morgan fingerprint density at radius 1 is 1.14 bits per heavy atom. The number of hydrogen-bond acceptors (Lipinski definition) is 4. The molecule has 1 N–H and O–H groups in total. The van der Waals surface area contributed by atoms with Gasteiger partial charge in [-0.1, -0.05) is 18.2 Å². The van der Waals surface area contributed by atoms with Crippen LogP contribution in [0.4, 0.5) is 0 Å². The third-order valence-electron chi connectivity index (χ3n) is 3.93. The van der Waals surface area contributed by atoms with Gasteiger partial charge in [-0.3, -0.25) is 9.88 Å². The van der Waals surface area contributed by atoms with Crippen LogP contribution >= 0.6 is 0 Å². The molecule has 1 fully saturated rings. The number of methoxy groups -OCH3 is 1. The van der Waals surface area contributed by atoms with E-state index in [-0.39, 0.29) is 6.04 Å². The molecule has 21 heavy (non-hydrogen) atoms. The van der Waals surface area contributed by atoms with Gasteiger partial charge in [0.15, 0.2) is 0 Å². The maximum atomic E-state index is 5.38. The van der Waals surface area contributed by atoms with Crippen molar-refractivity contribution in [2.24, 2.45) is 0 Å². The number of nitrogens with zero attached hydrogens (tertiary/aromatic N) is 2. The van der Waals surface area contributed by atoms with E-state index in [0.29, 0.717) is 0 Å². The molecular formula is C17H21N3O. The molecule has 1 aromatic heterocycles. The summed E-state index contributed by atoms with van der Waals surface area (Å²) < 4.78 is 5.38. The van der Waals surface area contributed by atoms with Crippen LogP contribution in [0.1, 0.15) is 17.2 Å². The third kappa shape index (κ3) is 3.23. The largest absolute Gasteiger partial charge is 0.497 e. The lowest BCUT2D eigenvalue weighted by molar-refractivity contribution is 0.198. The zero-order valence-electron chi connectivity index (χ0n) is 12.3. The van der Waals surface area contributed by atoms with Gasteiger partial charge < -0.3 is 10.1 Å². The first kappa shape index (κ1) is 14.0. The van der Waals surface area contributed by atoms with Crippen LogP contribution in [-0.4, -0.2) is 43.2 Å². The smallest absolute Gasteiger partial charge is 0.119 e. The molecule has 1 aliphatic heterocycles. The molecule has 1 unspecified atom stereocenters. The molecule has 4 nitrogen and oxygen atoms in total. The molecule has 1 aliphatic rings. The first-order chi connectivity index (χ1) is 10.4. The van der Waals surface area contributed by atoms with Gasteiger partial charge in [0, 0.05) is 38.6 Å². The van der Waals surface area contributed by atoms with E-state index < -0.39 is 0 Å². The van der Waals surface area contributed by atoms with Crippen LogP contribution in [0.3, 0.4) is 0 Å². The average Bonchev–Trinajstić information content (AvgIpc) is 2.57. The topological polar surface area (TPSA) is 37.4 Å². The number of pyridine rings is 1. The van der Waals surface area contributed by atoms with Crippen LogP contribution in [0.5, 0.6) is 5.75 Å². The van der Waals surface area contributed by atoms with Crippen LogP contribution in [0, 0.1) is 0 Å². The number of aromatic nitrogens is 1. The first-order valence-electron chi connectivity index (χ1n) is 7.37. The number of ether oxygens (including phenoxy) is 1. The van der Waals surface area contributed by atoms with Crippen molar-refractivity contribution in [1.82, 2.24) is 15.2 Å². The minimum atomic E-state index is 0.232. The Balaban J connectivity index is 1.98. The summed E-state index contributed by atoms with van der Waals surface area (Å²) in [6.07, 6.45) is 3.79. The molecule has 0 spiro atoms. The highest BCUT2D eigenvalue weighted by molar-refractivity contribution is 5.36. The quantitative estimate of drug-likeness (QED) is 0.932. The van der Waals surface area contributed by atoms with Crippen molar-refractivity contribution in [2.75, 3.05) is 33.3 Å². The summed E-state index contributed by atoms with van der Waals surface area (Å²) in [7, 11) is 1.71. The minimum absolute atomic E-state index is 0.232. The summed E-state index contributed by atoms with van der Waals surface area (Å²) in [5.74, 6) is 0.900. The van der Waals surface area contributed by atoms with Crippen LogP contribution in [0.15, 0.2) is 48.8 Å². The standard InChI is InChI=1S/C17H21N3O/c1-21-16-6-2-4-14(12-16)17(15-5-3-7-19-13-15)20-10-8-18-9-11-20/h2-7,12-13,17-18H,8-11H2,1H3. The normalized spacial score (nSPS) is 17.4. The van der Waals surface area contributed by atoms with E-state index in [9.17, 15) is 0 Å². The predicted octanol–water partition coefficient (Wildman–Crippen LogP) is 2.08. The molecule has 2 aromatic rings. The average molecular weight is 283 g/mol. The fraction of sp³-hybridized carbons (Fsp3) is 0.353. The summed E-state index contributed by atoms with van der Waals surface area (Å²) in [4.78, 5) is 6.80. The molecule has 0 aliphatic carbocycles. The lowest BCUT2D eigenvalue weighted by atomic mass is 9.97. The van der Waals surface area contributed by atoms with Gasteiger partial charge in [0.25, 0.3) is 0 Å². The summed E-state index contributed by atoms with van der Waals surface area (Å²) >= 11 is 0. The molecule has 110 valence electrons. The van der Waals surface area contributed by atoms with Gasteiger partial charge in [-0.25, -0.2) is 0 Å². The summed E-state index contributed by atoms with van der Waals surface area (Å²) in [6, 6.07) is 12.7.